The van der Waals surface area contributed by atoms with Crippen LogP contribution in [0, 0.1) is 12.3 Å². The quantitative estimate of drug-likeness (QED) is 0.367. The Bertz CT molecular complexity index is 1060. The molecule has 0 aliphatic carbocycles. The molecule has 1 aromatic carbocycles. The third-order valence-corrected chi connectivity index (χ3v) is 5.18. The number of anilines is 1. The molecule has 162 valence electrons. The molecule has 0 unspecified atom stereocenters. The van der Waals surface area contributed by atoms with Crippen molar-refractivity contribution in [2.24, 2.45) is 0 Å². The topological polar surface area (TPSA) is 60.4 Å². The maximum atomic E-state index is 5.94. The Kier molecular flexibility index (Phi) is 7.33. The van der Waals surface area contributed by atoms with Crippen LogP contribution in [0.1, 0.15) is 31.2 Å². The van der Waals surface area contributed by atoms with E-state index in [0.29, 0.717) is 24.7 Å². The number of rotatable bonds is 8. The van der Waals surface area contributed by atoms with Gasteiger partial charge in [0, 0.05) is 31.8 Å². The fourth-order valence-electron chi connectivity index (χ4n) is 3.53. The van der Waals surface area contributed by atoms with Gasteiger partial charge >= 0.3 is 0 Å². The van der Waals surface area contributed by atoms with Gasteiger partial charge in [-0.2, -0.15) is 5.10 Å². The van der Waals surface area contributed by atoms with Crippen molar-refractivity contribution in [3.63, 3.8) is 0 Å². The van der Waals surface area contributed by atoms with Crippen LogP contribution in [-0.4, -0.2) is 34.9 Å². The molecule has 0 radical (unpaired) electrons. The third-order valence-electron chi connectivity index (χ3n) is 5.18. The van der Waals surface area contributed by atoms with E-state index in [4.69, 9.17) is 15.9 Å². The first-order valence-electron chi connectivity index (χ1n) is 10.8. The van der Waals surface area contributed by atoms with Gasteiger partial charge in [0.25, 0.3) is 0 Å². The molecular formula is C26H26N4O2. The zero-order valence-corrected chi connectivity index (χ0v) is 18.0. The number of hydrogen-bond donors (Lipinski definition) is 0. The van der Waals surface area contributed by atoms with Gasteiger partial charge in [-0.1, -0.05) is 23.8 Å². The largest absolute Gasteiger partial charge is 0.492 e. The van der Waals surface area contributed by atoms with Crippen LogP contribution in [0.15, 0.2) is 66.5 Å². The summed E-state index contributed by atoms with van der Waals surface area (Å²) < 4.78 is 11.6. The molecule has 0 amide bonds. The maximum Gasteiger partial charge on any atom is 0.219 e. The zero-order chi connectivity index (χ0) is 22.0. The van der Waals surface area contributed by atoms with Gasteiger partial charge in [-0.3, -0.25) is 0 Å². The molecule has 4 rings (SSSR count). The number of benzene rings is 1. The molecule has 1 saturated heterocycles. The van der Waals surface area contributed by atoms with Crippen LogP contribution in [0.5, 0.6) is 17.4 Å². The number of pyridine rings is 1. The second-order valence-corrected chi connectivity index (χ2v) is 7.53. The van der Waals surface area contributed by atoms with Gasteiger partial charge < -0.3 is 14.4 Å². The van der Waals surface area contributed by atoms with Crippen LogP contribution >= 0.6 is 0 Å². The molecule has 0 atom stereocenters. The highest BCUT2D eigenvalue weighted by molar-refractivity contribution is 5.56. The van der Waals surface area contributed by atoms with E-state index in [1.165, 1.54) is 5.57 Å². The monoisotopic (exact) mass is 426 g/mol. The molecule has 1 aliphatic heterocycles. The number of nitrogens with zero attached hydrogens (tertiary/aromatic N) is 4. The van der Waals surface area contributed by atoms with E-state index in [1.807, 2.05) is 42.5 Å². The van der Waals surface area contributed by atoms with Crippen molar-refractivity contribution in [1.29, 1.82) is 0 Å². The highest BCUT2D eigenvalue weighted by Crippen LogP contribution is 2.26. The van der Waals surface area contributed by atoms with Crippen molar-refractivity contribution in [2.75, 3.05) is 24.6 Å². The molecule has 0 N–H and O–H groups in total. The fourth-order valence-corrected chi connectivity index (χ4v) is 3.53. The van der Waals surface area contributed by atoms with Crippen LogP contribution in [-0.2, 0) is 0 Å². The third kappa shape index (κ3) is 6.08. The summed E-state index contributed by atoms with van der Waals surface area (Å²) in [5.41, 5.74) is 2.55. The van der Waals surface area contributed by atoms with Crippen molar-refractivity contribution >= 4 is 11.9 Å². The lowest BCUT2D eigenvalue weighted by molar-refractivity contribution is 0.310. The molecule has 1 aliphatic rings. The molecule has 3 heterocycles. The van der Waals surface area contributed by atoms with E-state index in [9.17, 15) is 0 Å². The SMILES string of the molecule is C#CCCCOc1ccc(Oc2cccc(C=C3CCN(c4cccnn4)CC3)c2)nc1. The minimum atomic E-state index is 0.531. The molecule has 1 fully saturated rings. The number of hydrogen-bond acceptors (Lipinski definition) is 6. The van der Waals surface area contributed by atoms with Gasteiger partial charge in [0.15, 0.2) is 5.82 Å². The number of terminal acetylenes is 1. The molecule has 2 aromatic heterocycles. The predicted octanol–water partition coefficient (Wildman–Crippen LogP) is 5.14. The Morgan fingerprint density at radius 3 is 2.72 bits per heavy atom. The Hall–Kier alpha value is -3.85. The number of ether oxygens (including phenoxy) is 2. The lowest BCUT2D eigenvalue weighted by Crippen LogP contribution is -2.31. The van der Waals surface area contributed by atoms with Crippen molar-refractivity contribution in [3.8, 4) is 29.7 Å². The molecule has 32 heavy (non-hydrogen) atoms. The molecule has 0 saturated carbocycles. The fraction of sp³-hybridized carbons (Fsp3) is 0.269. The minimum absolute atomic E-state index is 0.531. The van der Waals surface area contributed by atoms with Crippen LogP contribution < -0.4 is 14.4 Å². The summed E-state index contributed by atoms with van der Waals surface area (Å²) in [6.07, 6.45) is 14.4. The Balaban J connectivity index is 1.32. The summed E-state index contributed by atoms with van der Waals surface area (Å²) in [5, 5.41) is 8.19. The van der Waals surface area contributed by atoms with Crippen molar-refractivity contribution < 1.29 is 9.47 Å². The Morgan fingerprint density at radius 1 is 1.06 bits per heavy atom. The zero-order valence-electron chi connectivity index (χ0n) is 18.0. The first-order valence-corrected chi connectivity index (χ1v) is 10.8. The molecule has 3 aromatic rings. The van der Waals surface area contributed by atoms with Gasteiger partial charge in [-0.25, -0.2) is 4.98 Å². The highest BCUT2D eigenvalue weighted by atomic mass is 16.5. The second-order valence-electron chi connectivity index (χ2n) is 7.53. The van der Waals surface area contributed by atoms with Crippen LogP contribution in [0.3, 0.4) is 0 Å². The van der Waals surface area contributed by atoms with Gasteiger partial charge in [-0.15, -0.1) is 17.4 Å². The first kappa shape index (κ1) is 21.4. The number of aromatic nitrogens is 3. The van der Waals surface area contributed by atoms with Crippen LogP contribution in [0.4, 0.5) is 5.82 Å². The van der Waals surface area contributed by atoms with E-state index in [2.05, 4.69) is 38.1 Å². The molecule has 6 heteroatoms. The van der Waals surface area contributed by atoms with Crippen LogP contribution in [0.25, 0.3) is 6.08 Å². The van der Waals surface area contributed by atoms with Gasteiger partial charge in [0.05, 0.1) is 12.8 Å². The summed E-state index contributed by atoms with van der Waals surface area (Å²) in [4.78, 5) is 6.61. The van der Waals surface area contributed by atoms with Gasteiger partial charge in [0.1, 0.15) is 11.5 Å². The van der Waals surface area contributed by atoms with Crippen molar-refractivity contribution in [3.05, 3.63) is 72.1 Å². The van der Waals surface area contributed by atoms with E-state index in [-0.39, 0.29) is 0 Å². The van der Waals surface area contributed by atoms with Gasteiger partial charge in [-0.05, 0) is 55.2 Å². The molecular weight excluding hydrogens is 400 g/mol. The van der Waals surface area contributed by atoms with Crippen LogP contribution in [0.2, 0.25) is 0 Å². The smallest absolute Gasteiger partial charge is 0.219 e. The van der Waals surface area contributed by atoms with Gasteiger partial charge in [0.2, 0.25) is 5.88 Å². The predicted molar refractivity (Wildman–Crippen MR) is 126 cm³/mol. The summed E-state index contributed by atoms with van der Waals surface area (Å²) in [6, 6.07) is 15.7. The highest BCUT2D eigenvalue weighted by Gasteiger charge is 2.15. The van der Waals surface area contributed by atoms with E-state index >= 15 is 0 Å². The molecule has 0 bridgehead atoms. The van der Waals surface area contributed by atoms with E-state index in [1.54, 1.807) is 12.4 Å². The normalized spacial score (nSPS) is 13.3. The standard InChI is InChI=1S/C26H26N4O2/c1-2-3-4-17-31-24-10-11-26(27-20-24)32-23-8-5-7-22(19-23)18-21-12-15-30(16-13-21)25-9-6-14-28-29-25/h1,5-11,14,18-20H,3-4,12-13,15-17H2. The minimum Gasteiger partial charge on any atom is -0.492 e. The van der Waals surface area contributed by atoms with E-state index in [0.717, 1.165) is 49.5 Å². The average molecular weight is 427 g/mol. The molecule has 0 spiro atoms. The van der Waals surface area contributed by atoms with E-state index < -0.39 is 0 Å². The summed E-state index contributed by atoms with van der Waals surface area (Å²) in [7, 11) is 0. The lowest BCUT2D eigenvalue weighted by atomic mass is 10.0. The maximum absolute atomic E-state index is 5.94. The number of piperidine rings is 1. The Labute approximate surface area is 188 Å². The number of unbranched alkanes of at least 4 members (excludes halogenated alkanes) is 1. The lowest BCUT2D eigenvalue weighted by Gasteiger charge is -2.29. The summed E-state index contributed by atoms with van der Waals surface area (Å²) in [5.74, 6) is 5.54. The summed E-state index contributed by atoms with van der Waals surface area (Å²) >= 11 is 0. The van der Waals surface area contributed by atoms with Crippen molar-refractivity contribution in [2.45, 2.75) is 25.7 Å². The first-order chi connectivity index (χ1) is 15.8. The van der Waals surface area contributed by atoms with Crippen molar-refractivity contribution in [1.82, 2.24) is 15.2 Å². The summed E-state index contributed by atoms with van der Waals surface area (Å²) in [6.45, 7) is 2.48. The average Bonchev–Trinajstić information content (AvgIpc) is 2.84. The molecule has 6 nitrogen and oxygen atoms in total. The second kappa shape index (κ2) is 11.0. The Morgan fingerprint density at radius 2 is 1.97 bits per heavy atom.